The zero-order valence-electron chi connectivity index (χ0n) is 12.2. The van der Waals surface area contributed by atoms with Gasteiger partial charge in [-0.3, -0.25) is 9.89 Å². The van der Waals surface area contributed by atoms with Gasteiger partial charge in [0.25, 0.3) is 0 Å². The molecule has 0 radical (unpaired) electrons. The van der Waals surface area contributed by atoms with Gasteiger partial charge in [-0.15, -0.1) is 0 Å². The fourth-order valence-corrected chi connectivity index (χ4v) is 2.26. The minimum atomic E-state index is 0.131. The summed E-state index contributed by atoms with van der Waals surface area (Å²) in [5, 5.41) is 0. The van der Waals surface area contributed by atoms with Crippen LogP contribution in [0.15, 0.2) is 17.3 Å². The lowest BCUT2D eigenvalue weighted by molar-refractivity contribution is 0.0225. The molecule has 6 nitrogen and oxygen atoms in total. The van der Waals surface area contributed by atoms with Crippen molar-refractivity contribution in [2.45, 2.75) is 13.8 Å². The van der Waals surface area contributed by atoms with Crippen molar-refractivity contribution >= 4 is 12.2 Å². The van der Waals surface area contributed by atoms with E-state index in [-0.39, 0.29) is 11.4 Å². The van der Waals surface area contributed by atoms with Gasteiger partial charge in [-0.05, 0) is 11.5 Å². The normalized spacial score (nSPS) is 17.7. The molecule has 20 heavy (non-hydrogen) atoms. The van der Waals surface area contributed by atoms with Gasteiger partial charge in [-0.2, -0.15) is 0 Å². The summed E-state index contributed by atoms with van der Waals surface area (Å²) >= 11 is 0. The van der Waals surface area contributed by atoms with Gasteiger partial charge < -0.3 is 10.5 Å². The highest BCUT2D eigenvalue weighted by Crippen LogP contribution is 2.18. The number of rotatable bonds is 5. The third-order valence-corrected chi connectivity index (χ3v) is 3.19. The van der Waals surface area contributed by atoms with Crippen molar-refractivity contribution < 1.29 is 4.74 Å². The Hall–Kier alpha value is -1.53. The summed E-state index contributed by atoms with van der Waals surface area (Å²) in [5.74, 6) is 0.279. The van der Waals surface area contributed by atoms with Gasteiger partial charge >= 0.3 is 0 Å². The third kappa shape index (κ3) is 4.86. The van der Waals surface area contributed by atoms with Crippen molar-refractivity contribution in [3.8, 4) is 0 Å². The van der Waals surface area contributed by atoms with Gasteiger partial charge in [0.2, 0.25) is 5.95 Å². The molecule has 1 aromatic rings. The number of nitrogens with zero attached hydrogens (tertiary/aromatic N) is 4. The molecule has 1 fully saturated rings. The molecule has 0 bridgehead atoms. The Kier molecular flexibility index (Phi) is 5.03. The predicted molar refractivity (Wildman–Crippen MR) is 79.9 cm³/mol. The Bertz CT molecular complexity index is 455. The second kappa shape index (κ2) is 6.76. The van der Waals surface area contributed by atoms with Crippen molar-refractivity contribution in [2.24, 2.45) is 10.4 Å². The first-order valence-electron chi connectivity index (χ1n) is 6.94. The van der Waals surface area contributed by atoms with Crippen LogP contribution in [0.1, 0.15) is 19.5 Å². The largest absolute Gasteiger partial charge is 0.379 e. The van der Waals surface area contributed by atoms with Crippen molar-refractivity contribution in [2.75, 3.05) is 45.1 Å². The van der Waals surface area contributed by atoms with Crippen LogP contribution in [0.4, 0.5) is 5.95 Å². The van der Waals surface area contributed by atoms with Crippen LogP contribution in [-0.4, -0.2) is 60.5 Å². The molecule has 0 amide bonds. The number of aliphatic imine (C=N–C) groups is 1. The maximum atomic E-state index is 5.54. The molecular weight excluding hydrogens is 254 g/mol. The van der Waals surface area contributed by atoms with Crippen molar-refractivity contribution in [3.05, 3.63) is 18.0 Å². The molecule has 0 spiro atoms. The minimum absolute atomic E-state index is 0.131. The average molecular weight is 277 g/mol. The van der Waals surface area contributed by atoms with Crippen LogP contribution >= 0.6 is 0 Å². The van der Waals surface area contributed by atoms with E-state index in [0.29, 0.717) is 0 Å². The molecule has 1 aliphatic rings. The van der Waals surface area contributed by atoms with Crippen LogP contribution in [0.3, 0.4) is 0 Å². The first kappa shape index (κ1) is 14.9. The highest BCUT2D eigenvalue weighted by Gasteiger charge is 2.22. The van der Waals surface area contributed by atoms with E-state index in [2.05, 4.69) is 33.7 Å². The number of anilines is 1. The van der Waals surface area contributed by atoms with Crippen molar-refractivity contribution in [3.63, 3.8) is 0 Å². The second-order valence-electron chi connectivity index (χ2n) is 5.86. The number of nitrogens with two attached hydrogens (primary N) is 1. The topological polar surface area (TPSA) is 76.6 Å². The first-order chi connectivity index (χ1) is 9.55. The molecule has 1 aliphatic heterocycles. The molecule has 0 atom stereocenters. The lowest BCUT2D eigenvalue weighted by Gasteiger charge is -2.33. The van der Waals surface area contributed by atoms with Gasteiger partial charge in [0.05, 0.1) is 18.9 Å². The fraction of sp³-hybridized carbons (Fsp3) is 0.643. The highest BCUT2D eigenvalue weighted by atomic mass is 16.5. The monoisotopic (exact) mass is 277 g/mol. The SMILES string of the molecule is CC(C)(CN=Cc1ccnc(N)n1)CN1CCOCC1. The summed E-state index contributed by atoms with van der Waals surface area (Å²) < 4.78 is 5.37. The quantitative estimate of drug-likeness (QED) is 0.807. The average Bonchev–Trinajstić information content (AvgIpc) is 2.39. The Morgan fingerprint density at radius 1 is 1.45 bits per heavy atom. The summed E-state index contributed by atoms with van der Waals surface area (Å²) in [4.78, 5) is 14.9. The minimum Gasteiger partial charge on any atom is -0.379 e. The lowest BCUT2D eigenvalue weighted by atomic mass is 9.93. The number of aromatic nitrogens is 2. The molecule has 1 saturated heterocycles. The molecule has 2 rings (SSSR count). The highest BCUT2D eigenvalue weighted by molar-refractivity contribution is 5.77. The van der Waals surface area contributed by atoms with E-state index >= 15 is 0 Å². The van der Waals surface area contributed by atoms with E-state index in [9.17, 15) is 0 Å². The van der Waals surface area contributed by atoms with Gasteiger partial charge in [-0.25, -0.2) is 9.97 Å². The van der Waals surface area contributed by atoms with Crippen LogP contribution in [0.2, 0.25) is 0 Å². The maximum Gasteiger partial charge on any atom is 0.220 e. The summed E-state index contributed by atoms with van der Waals surface area (Å²) in [6.45, 7) is 9.93. The predicted octanol–water partition coefficient (Wildman–Crippen LogP) is 0.836. The summed E-state index contributed by atoms with van der Waals surface area (Å²) in [6, 6.07) is 1.80. The van der Waals surface area contributed by atoms with Crippen molar-refractivity contribution in [1.29, 1.82) is 0 Å². The maximum absolute atomic E-state index is 5.54. The lowest BCUT2D eigenvalue weighted by Crippen LogP contribution is -2.42. The zero-order chi connectivity index (χ0) is 14.4. The number of nitrogen functional groups attached to an aromatic ring is 1. The third-order valence-electron chi connectivity index (χ3n) is 3.19. The van der Waals surface area contributed by atoms with Crippen LogP contribution in [0.25, 0.3) is 0 Å². The van der Waals surface area contributed by atoms with Gasteiger partial charge in [-0.1, -0.05) is 13.8 Å². The molecule has 0 saturated carbocycles. The molecule has 110 valence electrons. The smallest absolute Gasteiger partial charge is 0.220 e. The number of hydrogen-bond acceptors (Lipinski definition) is 6. The Balaban J connectivity index is 1.84. The fourth-order valence-electron chi connectivity index (χ4n) is 2.26. The first-order valence-corrected chi connectivity index (χ1v) is 6.94. The Labute approximate surface area is 120 Å². The zero-order valence-corrected chi connectivity index (χ0v) is 12.2. The Morgan fingerprint density at radius 3 is 2.90 bits per heavy atom. The molecule has 2 N–H and O–H groups in total. The van der Waals surface area contributed by atoms with Gasteiger partial charge in [0.1, 0.15) is 0 Å². The summed E-state index contributed by atoms with van der Waals surface area (Å²) in [7, 11) is 0. The Morgan fingerprint density at radius 2 is 2.20 bits per heavy atom. The van der Waals surface area contributed by atoms with E-state index in [1.54, 1.807) is 18.5 Å². The molecule has 0 aromatic carbocycles. The molecular formula is C14H23N5O. The summed E-state index contributed by atoms with van der Waals surface area (Å²) in [5.41, 5.74) is 6.42. The molecule has 2 heterocycles. The molecule has 1 aromatic heterocycles. The van der Waals surface area contributed by atoms with Crippen LogP contribution in [0, 0.1) is 5.41 Å². The van der Waals surface area contributed by atoms with Crippen LogP contribution in [0.5, 0.6) is 0 Å². The second-order valence-corrected chi connectivity index (χ2v) is 5.86. The van der Waals surface area contributed by atoms with Crippen LogP contribution < -0.4 is 5.73 Å². The number of hydrogen-bond donors (Lipinski definition) is 1. The van der Waals surface area contributed by atoms with Gasteiger partial charge in [0.15, 0.2) is 0 Å². The van der Waals surface area contributed by atoms with E-state index in [4.69, 9.17) is 10.5 Å². The van der Waals surface area contributed by atoms with E-state index < -0.39 is 0 Å². The van der Waals surface area contributed by atoms with Gasteiger partial charge in [0, 0.05) is 38.6 Å². The van der Waals surface area contributed by atoms with Crippen molar-refractivity contribution in [1.82, 2.24) is 14.9 Å². The van der Waals surface area contributed by atoms with Crippen LogP contribution in [-0.2, 0) is 4.74 Å². The van der Waals surface area contributed by atoms with E-state index in [0.717, 1.165) is 45.1 Å². The standard InChI is InChI=1S/C14H23N5O/c1-14(2,11-19-5-7-20-8-6-19)10-16-9-12-3-4-17-13(15)18-12/h3-4,9H,5-8,10-11H2,1-2H3,(H2,15,17,18). The number of morpholine rings is 1. The molecule has 6 heteroatoms. The number of ether oxygens (including phenoxy) is 1. The molecule has 0 aliphatic carbocycles. The summed E-state index contributed by atoms with van der Waals surface area (Å²) in [6.07, 6.45) is 3.40. The molecule has 0 unspecified atom stereocenters. The van der Waals surface area contributed by atoms with E-state index in [1.165, 1.54) is 0 Å². The van der Waals surface area contributed by atoms with E-state index in [1.807, 2.05) is 0 Å².